The van der Waals surface area contributed by atoms with Crippen LogP contribution in [-0.2, 0) is 10.1 Å². The minimum absolute atomic E-state index is 0.0666. The van der Waals surface area contributed by atoms with Crippen molar-refractivity contribution in [3.05, 3.63) is 29.8 Å². The summed E-state index contributed by atoms with van der Waals surface area (Å²) in [6, 6.07) is 5.99. The molecule has 1 N–H and O–H groups in total. The molecule has 0 aliphatic heterocycles. The maximum atomic E-state index is 10.5. The van der Waals surface area contributed by atoms with Crippen molar-refractivity contribution in [3.63, 3.8) is 0 Å². The van der Waals surface area contributed by atoms with E-state index in [0.717, 1.165) is 11.5 Å². The highest BCUT2D eigenvalue weighted by Crippen LogP contribution is 2.30. The van der Waals surface area contributed by atoms with Crippen molar-refractivity contribution in [2.75, 3.05) is 0 Å². The molecular formula is C28H53O3PS. The lowest BCUT2D eigenvalue weighted by molar-refractivity contribution is 0.406. The van der Waals surface area contributed by atoms with Crippen LogP contribution in [0.25, 0.3) is 0 Å². The lowest BCUT2D eigenvalue weighted by Crippen LogP contribution is -2.20. The summed E-state index contributed by atoms with van der Waals surface area (Å²) in [5.41, 5.74) is 0.956. The van der Waals surface area contributed by atoms with Crippen molar-refractivity contribution in [1.82, 2.24) is 0 Å². The highest BCUT2D eigenvalue weighted by atomic mass is 32.2. The summed E-state index contributed by atoms with van der Waals surface area (Å²) in [7, 11) is -1.02. The third-order valence-electron chi connectivity index (χ3n) is 6.58. The monoisotopic (exact) mass is 500 g/mol. The van der Waals surface area contributed by atoms with Crippen LogP contribution in [0.3, 0.4) is 0 Å². The summed E-state index contributed by atoms with van der Waals surface area (Å²) in [6.07, 6.45) is 21.8. The molecule has 2 atom stereocenters. The van der Waals surface area contributed by atoms with Crippen LogP contribution >= 0.6 is 9.24 Å². The quantitative estimate of drug-likeness (QED) is 0.132. The maximum Gasteiger partial charge on any atom is 0.294 e. The van der Waals surface area contributed by atoms with E-state index in [0.29, 0.717) is 5.16 Å². The summed E-state index contributed by atoms with van der Waals surface area (Å²) in [5, 5.41) is 0.413. The van der Waals surface area contributed by atoms with Gasteiger partial charge in [-0.2, -0.15) is 8.42 Å². The fourth-order valence-electron chi connectivity index (χ4n) is 3.73. The number of unbranched alkanes of at least 4 members (excludes halogenated alkanes) is 13. The molecule has 1 aromatic rings. The summed E-state index contributed by atoms with van der Waals surface area (Å²) >= 11 is 0. The third-order valence-corrected chi connectivity index (χ3v) is 8.02. The fraction of sp³-hybridized carbons (Fsp3) is 0.786. The molecule has 0 aromatic heterocycles. The molecule has 0 heterocycles. The van der Waals surface area contributed by atoms with E-state index in [9.17, 15) is 8.42 Å². The first kappa shape index (κ1) is 32.6. The molecule has 0 fully saturated rings. The van der Waals surface area contributed by atoms with Gasteiger partial charge >= 0.3 is 0 Å². The predicted octanol–water partition coefficient (Wildman–Crippen LogP) is 9.39. The molecule has 0 aliphatic rings. The van der Waals surface area contributed by atoms with Gasteiger partial charge in [0.1, 0.15) is 0 Å². The van der Waals surface area contributed by atoms with Gasteiger partial charge in [0.05, 0.1) is 4.90 Å². The van der Waals surface area contributed by atoms with E-state index in [2.05, 4.69) is 36.9 Å². The third kappa shape index (κ3) is 19.5. The average molecular weight is 501 g/mol. The van der Waals surface area contributed by atoms with Crippen LogP contribution in [0.15, 0.2) is 29.2 Å². The van der Waals surface area contributed by atoms with Crippen LogP contribution in [0, 0.1) is 12.8 Å². The molecule has 2 unspecified atom stereocenters. The maximum absolute atomic E-state index is 10.5. The van der Waals surface area contributed by atoms with E-state index in [1.165, 1.54) is 108 Å². The van der Waals surface area contributed by atoms with Crippen molar-refractivity contribution in [2.45, 2.75) is 141 Å². The first-order valence-corrected chi connectivity index (χ1v) is 15.3. The highest BCUT2D eigenvalue weighted by molar-refractivity contribution is 7.85. The Morgan fingerprint density at radius 3 is 1.48 bits per heavy atom. The van der Waals surface area contributed by atoms with Crippen LogP contribution in [0.4, 0.5) is 0 Å². The number of hydrogen-bond acceptors (Lipinski definition) is 2. The molecule has 33 heavy (non-hydrogen) atoms. The van der Waals surface area contributed by atoms with Gasteiger partial charge in [0.15, 0.2) is 0 Å². The van der Waals surface area contributed by atoms with E-state index in [1.54, 1.807) is 12.1 Å². The Balaban J connectivity index is 0.000000771. The van der Waals surface area contributed by atoms with Gasteiger partial charge in [0.25, 0.3) is 10.1 Å². The molecular weight excluding hydrogens is 447 g/mol. The van der Waals surface area contributed by atoms with Crippen LogP contribution in [0.1, 0.15) is 130 Å². The molecule has 1 rings (SSSR count). The normalized spacial score (nSPS) is 12.8. The fourth-order valence-corrected chi connectivity index (χ4v) is 4.37. The van der Waals surface area contributed by atoms with Crippen LogP contribution in [-0.4, -0.2) is 18.1 Å². The van der Waals surface area contributed by atoms with Gasteiger partial charge in [0, 0.05) is 0 Å². The van der Waals surface area contributed by atoms with Gasteiger partial charge in [-0.15, -0.1) is 9.24 Å². The van der Waals surface area contributed by atoms with Crippen molar-refractivity contribution in [3.8, 4) is 0 Å². The van der Waals surface area contributed by atoms with E-state index in [4.69, 9.17) is 4.55 Å². The molecule has 0 bridgehead atoms. The number of benzene rings is 1. The molecule has 194 valence electrons. The predicted molar refractivity (Wildman–Crippen MR) is 149 cm³/mol. The molecule has 0 saturated carbocycles. The summed E-state index contributed by atoms with van der Waals surface area (Å²) in [5.74, 6) is 0.829. The highest BCUT2D eigenvalue weighted by Gasteiger charge is 2.19. The molecule has 0 aliphatic carbocycles. The van der Waals surface area contributed by atoms with Crippen LogP contribution < -0.4 is 0 Å². The van der Waals surface area contributed by atoms with Crippen molar-refractivity contribution >= 4 is 19.4 Å². The average Bonchev–Trinajstić information content (AvgIpc) is 2.73. The Bertz CT molecular complexity index is 678. The minimum Gasteiger partial charge on any atom is -0.282 e. The smallest absolute Gasteiger partial charge is 0.282 e. The summed E-state index contributed by atoms with van der Waals surface area (Å²) in [6.45, 7) is 11.2. The van der Waals surface area contributed by atoms with Crippen LogP contribution in [0.2, 0.25) is 0 Å². The van der Waals surface area contributed by atoms with Gasteiger partial charge in [-0.1, -0.05) is 135 Å². The molecule has 0 spiro atoms. The number of hydrogen-bond donors (Lipinski definition) is 1. The molecule has 0 radical (unpaired) electrons. The molecule has 5 heteroatoms. The number of rotatable bonds is 17. The van der Waals surface area contributed by atoms with Crippen molar-refractivity contribution in [1.29, 1.82) is 0 Å². The summed E-state index contributed by atoms with van der Waals surface area (Å²) in [4.78, 5) is -0.0666. The van der Waals surface area contributed by atoms with Gasteiger partial charge in [0.2, 0.25) is 0 Å². The largest absolute Gasteiger partial charge is 0.294 e. The second-order valence-electron chi connectivity index (χ2n) is 10.4. The Morgan fingerprint density at radius 2 is 1.15 bits per heavy atom. The minimum atomic E-state index is -4.02. The second-order valence-corrected chi connectivity index (χ2v) is 13.3. The van der Waals surface area contributed by atoms with E-state index >= 15 is 0 Å². The zero-order valence-corrected chi connectivity index (χ0v) is 24.2. The first-order valence-electron chi connectivity index (χ1n) is 13.3. The first-order chi connectivity index (χ1) is 15.5. The molecule has 3 nitrogen and oxygen atoms in total. The molecule has 1 aromatic carbocycles. The Kier molecular flexibility index (Phi) is 18.6. The van der Waals surface area contributed by atoms with E-state index in [1.807, 2.05) is 6.92 Å². The van der Waals surface area contributed by atoms with E-state index in [-0.39, 0.29) is 4.90 Å². The number of aryl methyl sites for hydroxylation is 1. The SMILES string of the molecule is CCCCCCCCCCCCCCCCC(C)C(C)(C)P.Cc1ccc(S(=O)(=O)O)cc1. The Labute approximate surface area is 208 Å². The Morgan fingerprint density at radius 1 is 0.788 bits per heavy atom. The topological polar surface area (TPSA) is 54.4 Å². The Hall–Kier alpha value is -0.440. The zero-order valence-electron chi connectivity index (χ0n) is 22.2. The van der Waals surface area contributed by atoms with Gasteiger partial charge in [-0.3, -0.25) is 4.55 Å². The van der Waals surface area contributed by atoms with Gasteiger partial charge in [-0.05, 0) is 36.6 Å². The lowest BCUT2D eigenvalue weighted by atomic mass is 9.91. The van der Waals surface area contributed by atoms with Crippen molar-refractivity contribution in [2.24, 2.45) is 5.92 Å². The summed E-state index contributed by atoms with van der Waals surface area (Å²) < 4.78 is 29.6. The second kappa shape index (κ2) is 18.8. The van der Waals surface area contributed by atoms with E-state index < -0.39 is 10.1 Å². The van der Waals surface area contributed by atoms with Crippen molar-refractivity contribution < 1.29 is 13.0 Å². The lowest BCUT2D eigenvalue weighted by Gasteiger charge is -2.26. The van der Waals surface area contributed by atoms with Crippen LogP contribution in [0.5, 0.6) is 0 Å². The molecule has 0 saturated heterocycles. The standard InChI is InChI=1S/C21H45P.C7H8O3S/c1-5-6-7-8-9-10-11-12-13-14-15-16-17-18-19-20(2)21(3,4)22;1-6-2-4-7(5-3-6)11(8,9)10/h20H,5-19,22H2,1-4H3;2-5H,1H3,(H,8,9,10). The van der Waals surface area contributed by atoms with Gasteiger partial charge < -0.3 is 0 Å². The van der Waals surface area contributed by atoms with Gasteiger partial charge in [-0.25, -0.2) is 0 Å². The molecule has 0 amide bonds. The zero-order chi connectivity index (χ0) is 25.2.